The van der Waals surface area contributed by atoms with Crippen molar-refractivity contribution >= 4 is 52.4 Å². The molecule has 1 heterocycles. The van der Waals surface area contributed by atoms with Crippen LogP contribution in [0.3, 0.4) is 0 Å². The molecule has 0 aliphatic rings. The number of benzene rings is 2. The summed E-state index contributed by atoms with van der Waals surface area (Å²) in [7, 11) is 0. The monoisotopic (exact) mass is 736 g/mol. The molecule has 2 aromatic carbocycles. The van der Waals surface area contributed by atoms with Crippen LogP contribution in [0.2, 0.25) is 0 Å². The third-order valence-electron chi connectivity index (χ3n) is 8.45. The summed E-state index contributed by atoms with van der Waals surface area (Å²) in [5.41, 5.74) is 13.2. The molecule has 53 heavy (non-hydrogen) atoms. The molecule has 286 valence electrons. The molecule has 3 rings (SSSR count). The maximum Gasteiger partial charge on any atom is 0.326 e. The number of nitrogens with one attached hydrogen (secondary N) is 6. The SMILES string of the molecule is C[C@H](NC(=O)[C@H](CCCCN)NC(=O)[C@H](Cc1ccccc1)NC(=O)CN)C(=O)N[C@@H](CCC(=O)O)C(=O)N[C@@H](Cc1c[nH]c2ccccc12)C(=O)O. The number of fused-ring (bicyclic) bond motifs is 1. The summed E-state index contributed by atoms with van der Waals surface area (Å²) in [5, 5.41) is 32.5. The normalized spacial score (nSPS) is 13.8. The van der Waals surface area contributed by atoms with Gasteiger partial charge in [-0.3, -0.25) is 28.8 Å². The third kappa shape index (κ3) is 13.4. The smallest absolute Gasteiger partial charge is 0.326 e. The number of carboxylic acids is 2. The van der Waals surface area contributed by atoms with Crippen LogP contribution in [-0.2, 0) is 46.4 Å². The summed E-state index contributed by atoms with van der Waals surface area (Å²) >= 11 is 0. The predicted octanol–water partition coefficient (Wildman–Crippen LogP) is -0.566. The highest BCUT2D eigenvalue weighted by molar-refractivity contribution is 5.96. The Balaban J connectivity index is 1.71. The van der Waals surface area contributed by atoms with Crippen LogP contribution in [-0.4, -0.2) is 100.0 Å². The summed E-state index contributed by atoms with van der Waals surface area (Å²) in [6, 6.07) is 9.71. The molecule has 0 aliphatic carbocycles. The van der Waals surface area contributed by atoms with Crippen molar-refractivity contribution in [2.75, 3.05) is 13.1 Å². The number of carbonyl (C=O) groups is 7. The highest BCUT2D eigenvalue weighted by Gasteiger charge is 2.31. The molecule has 17 heteroatoms. The van der Waals surface area contributed by atoms with E-state index in [4.69, 9.17) is 11.5 Å². The minimum absolute atomic E-state index is 0.101. The van der Waals surface area contributed by atoms with Gasteiger partial charge in [-0.2, -0.15) is 0 Å². The molecule has 0 fully saturated rings. The van der Waals surface area contributed by atoms with Crippen LogP contribution in [0, 0.1) is 0 Å². The molecule has 0 aliphatic heterocycles. The molecule has 3 aromatic rings. The molecule has 0 radical (unpaired) electrons. The van der Waals surface area contributed by atoms with Crippen molar-refractivity contribution in [2.24, 2.45) is 11.5 Å². The largest absolute Gasteiger partial charge is 0.481 e. The van der Waals surface area contributed by atoms with Gasteiger partial charge in [0.1, 0.15) is 30.2 Å². The van der Waals surface area contributed by atoms with Crippen molar-refractivity contribution in [3.8, 4) is 0 Å². The average Bonchev–Trinajstić information content (AvgIpc) is 3.54. The van der Waals surface area contributed by atoms with Gasteiger partial charge in [0.05, 0.1) is 6.54 Å². The lowest BCUT2D eigenvalue weighted by Gasteiger charge is -2.26. The average molecular weight is 737 g/mol. The second-order valence-corrected chi connectivity index (χ2v) is 12.5. The zero-order valence-corrected chi connectivity index (χ0v) is 29.4. The van der Waals surface area contributed by atoms with E-state index in [9.17, 15) is 43.8 Å². The molecule has 0 bridgehead atoms. The van der Waals surface area contributed by atoms with Crippen molar-refractivity contribution in [3.05, 3.63) is 71.9 Å². The van der Waals surface area contributed by atoms with Crippen molar-refractivity contribution < 1.29 is 43.8 Å². The minimum Gasteiger partial charge on any atom is -0.481 e. The second-order valence-electron chi connectivity index (χ2n) is 12.5. The number of carboxylic acid groups (broad SMARTS) is 2. The van der Waals surface area contributed by atoms with Crippen LogP contribution in [0.5, 0.6) is 0 Å². The van der Waals surface area contributed by atoms with Gasteiger partial charge in [-0.25, -0.2) is 4.79 Å². The Morgan fingerprint density at radius 3 is 1.94 bits per heavy atom. The Hall–Kier alpha value is -5.81. The van der Waals surface area contributed by atoms with Crippen molar-refractivity contribution in [1.29, 1.82) is 0 Å². The van der Waals surface area contributed by atoms with E-state index in [0.29, 0.717) is 24.9 Å². The fourth-order valence-electron chi connectivity index (χ4n) is 5.55. The highest BCUT2D eigenvalue weighted by Crippen LogP contribution is 2.19. The van der Waals surface area contributed by atoms with Gasteiger partial charge in [0.2, 0.25) is 29.5 Å². The van der Waals surface area contributed by atoms with E-state index in [1.54, 1.807) is 48.7 Å². The molecule has 17 nitrogen and oxygen atoms in total. The molecule has 12 N–H and O–H groups in total. The van der Waals surface area contributed by atoms with Crippen LogP contribution in [0.25, 0.3) is 10.9 Å². The molecular formula is C36H48N8O9. The molecule has 0 saturated carbocycles. The van der Waals surface area contributed by atoms with Crippen molar-refractivity contribution in [1.82, 2.24) is 31.6 Å². The first kappa shape index (κ1) is 41.6. The number of hydrogen-bond acceptors (Lipinski definition) is 9. The molecular weight excluding hydrogens is 688 g/mol. The van der Waals surface area contributed by atoms with Crippen molar-refractivity contribution in [3.63, 3.8) is 0 Å². The van der Waals surface area contributed by atoms with Crippen LogP contribution < -0.4 is 38.1 Å². The number of rotatable bonds is 22. The number of aliphatic carboxylic acids is 2. The van der Waals surface area contributed by atoms with E-state index in [1.165, 1.54) is 6.92 Å². The molecule has 0 spiro atoms. The molecule has 5 atom stereocenters. The number of amides is 5. The standard InChI is InChI=1S/C36H48N8O9/c1-21(40-33(49)26(13-7-8-16-37)43-35(51)28(41-30(45)19-38)17-22-9-3-2-4-10-22)32(48)42-27(14-15-31(46)47)34(50)44-29(36(52)53)18-23-20-39-25-12-6-5-11-24(23)25/h2-6,9-12,20-21,26-29,39H,7-8,13-19,37-38H2,1H3,(H,40,49)(H,41,45)(H,42,48)(H,43,51)(H,44,50)(H,46,47)(H,52,53)/t21-,26-,27-,28-,29-/m0/s1. The van der Waals surface area contributed by atoms with E-state index >= 15 is 0 Å². The van der Waals surface area contributed by atoms with Gasteiger partial charge < -0.3 is 53.2 Å². The topological polar surface area (TPSA) is 288 Å². The summed E-state index contributed by atoms with van der Waals surface area (Å²) in [6.07, 6.45) is 1.85. The van der Waals surface area contributed by atoms with Gasteiger partial charge in [0.25, 0.3) is 0 Å². The Morgan fingerprint density at radius 2 is 1.28 bits per heavy atom. The fourth-order valence-corrected chi connectivity index (χ4v) is 5.55. The number of unbranched alkanes of at least 4 members (excludes halogenated alkanes) is 1. The first-order chi connectivity index (χ1) is 25.3. The lowest BCUT2D eigenvalue weighted by atomic mass is 10.0. The number of aromatic amines is 1. The van der Waals surface area contributed by atoms with Gasteiger partial charge in [0, 0.05) is 36.4 Å². The fraction of sp³-hybridized carbons (Fsp3) is 0.417. The van der Waals surface area contributed by atoms with Crippen LogP contribution in [0.1, 0.15) is 50.2 Å². The number of carbonyl (C=O) groups excluding carboxylic acids is 5. The van der Waals surface area contributed by atoms with Gasteiger partial charge in [-0.15, -0.1) is 0 Å². The van der Waals surface area contributed by atoms with Crippen molar-refractivity contribution in [2.45, 2.75) is 82.1 Å². The van der Waals surface area contributed by atoms with Crippen LogP contribution in [0.15, 0.2) is 60.8 Å². The van der Waals surface area contributed by atoms with Gasteiger partial charge in [-0.05, 0) is 56.3 Å². The minimum atomic E-state index is -1.47. The first-order valence-electron chi connectivity index (χ1n) is 17.3. The predicted molar refractivity (Wildman–Crippen MR) is 194 cm³/mol. The van der Waals surface area contributed by atoms with Gasteiger partial charge >= 0.3 is 11.9 Å². The molecule has 0 saturated heterocycles. The second kappa shape index (κ2) is 20.9. The van der Waals surface area contributed by atoms with Crippen LogP contribution in [0.4, 0.5) is 0 Å². The highest BCUT2D eigenvalue weighted by atomic mass is 16.4. The van der Waals surface area contributed by atoms with E-state index in [-0.39, 0.29) is 32.2 Å². The van der Waals surface area contributed by atoms with E-state index in [2.05, 4.69) is 31.6 Å². The Kier molecular flexibility index (Phi) is 16.4. The van der Waals surface area contributed by atoms with E-state index < -0.39 is 78.1 Å². The lowest BCUT2D eigenvalue weighted by Crippen LogP contribution is -2.58. The summed E-state index contributed by atoms with van der Waals surface area (Å²) in [5.74, 6) is -6.37. The molecule has 5 amide bonds. The maximum absolute atomic E-state index is 13.5. The molecule has 1 aromatic heterocycles. The van der Waals surface area contributed by atoms with E-state index in [1.807, 2.05) is 12.1 Å². The number of para-hydroxylation sites is 1. The number of aromatic nitrogens is 1. The summed E-state index contributed by atoms with van der Waals surface area (Å²) in [6.45, 7) is 1.29. The first-order valence-corrected chi connectivity index (χ1v) is 17.3. The Morgan fingerprint density at radius 1 is 0.679 bits per heavy atom. The van der Waals surface area contributed by atoms with E-state index in [0.717, 1.165) is 16.5 Å². The zero-order valence-electron chi connectivity index (χ0n) is 29.4. The summed E-state index contributed by atoms with van der Waals surface area (Å²) < 4.78 is 0. The maximum atomic E-state index is 13.5. The number of hydrogen-bond donors (Lipinski definition) is 10. The zero-order chi connectivity index (χ0) is 38.9. The third-order valence-corrected chi connectivity index (χ3v) is 8.45. The Bertz CT molecular complexity index is 1730. The quantitative estimate of drug-likeness (QED) is 0.0583. The Labute approximate surface area is 306 Å². The van der Waals surface area contributed by atoms with Crippen LogP contribution >= 0.6 is 0 Å². The lowest BCUT2D eigenvalue weighted by molar-refractivity contribution is -0.143. The number of H-pyrrole nitrogens is 1. The summed E-state index contributed by atoms with van der Waals surface area (Å²) in [4.78, 5) is 92.3. The molecule has 0 unspecified atom stereocenters. The van der Waals surface area contributed by atoms with Gasteiger partial charge in [-0.1, -0.05) is 48.5 Å². The van der Waals surface area contributed by atoms with Gasteiger partial charge in [0.15, 0.2) is 0 Å². The number of nitrogens with two attached hydrogens (primary N) is 2.